The first kappa shape index (κ1) is 17.8. The minimum absolute atomic E-state index is 0.0450. The maximum Gasteiger partial charge on any atom is 0.228 e. The van der Waals surface area contributed by atoms with E-state index in [9.17, 15) is 9.90 Å². The number of nitrogens with one attached hydrogen (secondary N) is 1. The highest BCUT2D eigenvalue weighted by Crippen LogP contribution is 2.38. The second kappa shape index (κ2) is 7.18. The minimum Gasteiger partial charge on any atom is -0.390 e. The van der Waals surface area contributed by atoms with Crippen molar-refractivity contribution in [1.29, 1.82) is 0 Å². The third-order valence-corrected chi connectivity index (χ3v) is 7.01. The van der Waals surface area contributed by atoms with Crippen molar-refractivity contribution in [2.45, 2.75) is 74.7 Å². The van der Waals surface area contributed by atoms with Crippen LogP contribution in [-0.2, 0) is 9.53 Å². The fourth-order valence-electron chi connectivity index (χ4n) is 5.19. The Hall–Kier alpha value is -0.620. The summed E-state index contributed by atoms with van der Waals surface area (Å²) in [5, 5.41) is 13.9. The normalized spacial score (nSPS) is 46.2. The Balaban J connectivity index is 1.48. The lowest BCUT2D eigenvalue weighted by Gasteiger charge is -2.45. The number of carbonyl (C=O) groups excluding carboxylic acids is 1. The van der Waals surface area contributed by atoms with Crippen LogP contribution in [0.2, 0.25) is 0 Å². The van der Waals surface area contributed by atoms with Crippen LogP contribution in [-0.4, -0.2) is 59.4 Å². The summed E-state index contributed by atoms with van der Waals surface area (Å²) in [5.74, 6) is 0.841. The molecule has 2 aliphatic carbocycles. The highest BCUT2D eigenvalue weighted by molar-refractivity contribution is 6.20. The Kier molecular flexibility index (Phi) is 5.11. The van der Waals surface area contributed by atoms with Crippen LogP contribution in [0, 0.1) is 11.8 Å². The van der Waals surface area contributed by atoms with Gasteiger partial charge >= 0.3 is 0 Å². The van der Waals surface area contributed by atoms with E-state index in [2.05, 4.69) is 11.4 Å². The third kappa shape index (κ3) is 3.36. The molecule has 0 aromatic carbocycles. The molecule has 2 saturated heterocycles. The van der Waals surface area contributed by atoms with Crippen LogP contribution in [0.4, 0.5) is 0 Å². The molecule has 6 heteroatoms. The van der Waals surface area contributed by atoms with Gasteiger partial charge in [-0.2, -0.15) is 0 Å². The number of methoxy groups -OCH3 is 1. The van der Waals surface area contributed by atoms with Crippen LogP contribution in [0.1, 0.15) is 44.9 Å². The Morgan fingerprint density at radius 1 is 1.28 bits per heavy atom. The van der Waals surface area contributed by atoms with Gasteiger partial charge in [-0.25, -0.2) is 0 Å². The van der Waals surface area contributed by atoms with Gasteiger partial charge in [-0.15, -0.1) is 11.6 Å². The molecule has 25 heavy (non-hydrogen) atoms. The molecule has 5 nitrogen and oxygen atoms in total. The molecule has 0 spiro atoms. The van der Waals surface area contributed by atoms with E-state index in [1.54, 1.807) is 7.11 Å². The predicted octanol–water partition coefficient (Wildman–Crippen LogP) is 2.03. The number of fused-ring (bicyclic) bond motifs is 2. The van der Waals surface area contributed by atoms with Gasteiger partial charge < -0.3 is 14.7 Å². The van der Waals surface area contributed by atoms with Crippen LogP contribution < -0.4 is 5.32 Å². The molecule has 0 aromatic rings. The number of allylic oxidation sites excluding steroid dienone is 1. The molecule has 0 radical (unpaired) electrons. The van der Waals surface area contributed by atoms with Gasteiger partial charge in [0, 0.05) is 25.1 Å². The van der Waals surface area contributed by atoms with Gasteiger partial charge in [0.1, 0.15) is 6.17 Å². The maximum absolute atomic E-state index is 12.9. The zero-order chi connectivity index (χ0) is 17.6. The topological polar surface area (TPSA) is 61.8 Å². The van der Waals surface area contributed by atoms with Crippen molar-refractivity contribution in [3.63, 3.8) is 0 Å². The van der Waals surface area contributed by atoms with Gasteiger partial charge in [0.2, 0.25) is 5.91 Å². The van der Waals surface area contributed by atoms with E-state index in [1.807, 2.05) is 4.90 Å². The average molecular weight is 369 g/mol. The molecule has 4 aliphatic rings. The van der Waals surface area contributed by atoms with E-state index in [-0.39, 0.29) is 35.7 Å². The zero-order valence-electron chi connectivity index (χ0n) is 14.9. The Bertz CT molecular complexity index is 555. The maximum atomic E-state index is 12.9. The second-order valence-electron chi connectivity index (χ2n) is 8.13. The van der Waals surface area contributed by atoms with Crippen LogP contribution in [0.15, 0.2) is 11.6 Å². The van der Waals surface area contributed by atoms with E-state index in [1.165, 1.54) is 5.57 Å². The summed E-state index contributed by atoms with van der Waals surface area (Å²) in [6, 6.07) is 0.214. The molecule has 0 aromatic heterocycles. The van der Waals surface area contributed by atoms with Gasteiger partial charge in [-0.1, -0.05) is 6.08 Å². The van der Waals surface area contributed by atoms with Gasteiger partial charge in [0.05, 0.1) is 18.1 Å². The van der Waals surface area contributed by atoms with Crippen molar-refractivity contribution in [3.8, 4) is 0 Å². The van der Waals surface area contributed by atoms with Crippen LogP contribution >= 0.6 is 11.6 Å². The lowest BCUT2D eigenvalue weighted by molar-refractivity contribution is -0.143. The number of aliphatic hydroxyl groups excluding tert-OH is 1. The zero-order valence-corrected chi connectivity index (χ0v) is 15.6. The third-order valence-electron chi connectivity index (χ3n) is 6.61. The number of ether oxygens (including phenoxy) is 1. The standard InChI is InChI=1S/C19H29ClN2O3/c1-25-17-9-11(2-5-16(17)23)8-12-6-7-22-18(12)21-15-10-13(20)3-4-14(15)19(22)24/h8,11,13-18,21,23H,2-7,9-10H2,1H3/b12-8+. The number of hydrogen-bond donors (Lipinski definition) is 2. The summed E-state index contributed by atoms with van der Waals surface area (Å²) >= 11 is 6.35. The number of carbonyl (C=O) groups is 1. The van der Waals surface area contributed by atoms with Crippen LogP contribution in [0.5, 0.6) is 0 Å². The molecule has 2 heterocycles. The van der Waals surface area contributed by atoms with Crippen LogP contribution in [0.25, 0.3) is 0 Å². The second-order valence-corrected chi connectivity index (χ2v) is 8.75. The van der Waals surface area contributed by atoms with Crippen molar-refractivity contribution >= 4 is 17.5 Å². The number of amides is 1. The molecule has 2 N–H and O–H groups in total. The molecule has 7 unspecified atom stereocenters. The van der Waals surface area contributed by atoms with E-state index >= 15 is 0 Å². The quantitative estimate of drug-likeness (QED) is 0.578. The minimum atomic E-state index is -0.349. The number of nitrogens with zero attached hydrogens (tertiary/aromatic N) is 1. The molecular weight excluding hydrogens is 340 g/mol. The monoisotopic (exact) mass is 368 g/mol. The van der Waals surface area contributed by atoms with E-state index in [4.69, 9.17) is 16.3 Å². The summed E-state index contributed by atoms with van der Waals surface area (Å²) < 4.78 is 5.43. The number of rotatable bonds is 2. The lowest BCUT2D eigenvalue weighted by atomic mass is 9.81. The number of aliphatic hydroxyl groups is 1. The average Bonchev–Trinajstić information content (AvgIpc) is 2.99. The van der Waals surface area contributed by atoms with E-state index < -0.39 is 0 Å². The van der Waals surface area contributed by atoms with E-state index in [0.29, 0.717) is 11.8 Å². The fraction of sp³-hybridized carbons (Fsp3) is 0.842. The molecule has 2 saturated carbocycles. The predicted molar refractivity (Wildman–Crippen MR) is 96.3 cm³/mol. The summed E-state index contributed by atoms with van der Waals surface area (Å²) in [6.07, 6.45) is 8.29. The molecule has 1 amide bonds. The van der Waals surface area contributed by atoms with Gasteiger partial charge in [0.25, 0.3) is 0 Å². The Morgan fingerprint density at radius 3 is 2.92 bits per heavy atom. The molecular formula is C19H29ClN2O3. The molecule has 4 fully saturated rings. The Labute approximate surface area is 154 Å². The Morgan fingerprint density at radius 2 is 2.12 bits per heavy atom. The number of halogens is 1. The van der Waals surface area contributed by atoms with Gasteiger partial charge in [0.15, 0.2) is 0 Å². The fourth-order valence-corrected chi connectivity index (χ4v) is 5.51. The first-order valence-corrected chi connectivity index (χ1v) is 10.1. The van der Waals surface area contributed by atoms with E-state index in [0.717, 1.165) is 51.5 Å². The van der Waals surface area contributed by atoms with Crippen molar-refractivity contribution in [3.05, 3.63) is 11.6 Å². The van der Waals surface area contributed by atoms with Gasteiger partial charge in [-0.3, -0.25) is 10.1 Å². The number of alkyl halides is 1. The van der Waals surface area contributed by atoms with Crippen molar-refractivity contribution in [2.24, 2.45) is 11.8 Å². The molecule has 4 rings (SSSR count). The lowest BCUT2D eigenvalue weighted by Crippen LogP contribution is -2.62. The van der Waals surface area contributed by atoms with Crippen molar-refractivity contribution in [2.75, 3.05) is 13.7 Å². The number of hydrogen-bond acceptors (Lipinski definition) is 4. The highest BCUT2D eigenvalue weighted by Gasteiger charge is 2.47. The highest BCUT2D eigenvalue weighted by atomic mass is 35.5. The smallest absolute Gasteiger partial charge is 0.228 e. The van der Waals surface area contributed by atoms with Gasteiger partial charge in [-0.05, 0) is 56.4 Å². The first-order chi connectivity index (χ1) is 12.1. The first-order valence-electron chi connectivity index (χ1n) is 9.69. The summed E-state index contributed by atoms with van der Waals surface area (Å²) in [6.45, 7) is 0.818. The molecule has 140 valence electrons. The summed E-state index contributed by atoms with van der Waals surface area (Å²) in [7, 11) is 1.67. The summed E-state index contributed by atoms with van der Waals surface area (Å²) in [4.78, 5) is 14.9. The van der Waals surface area contributed by atoms with Crippen LogP contribution in [0.3, 0.4) is 0 Å². The molecule has 2 aliphatic heterocycles. The largest absolute Gasteiger partial charge is 0.390 e. The van der Waals surface area contributed by atoms with Crippen molar-refractivity contribution < 1.29 is 14.6 Å². The summed E-state index contributed by atoms with van der Waals surface area (Å²) in [5.41, 5.74) is 1.33. The SMILES string of the molecule is COC1CC(/C=C2\CCN3C(=O)C4CCC(Cl)CC4NC23)CCC1O. The van der Waals surface area contributed by atoms with Crippen molar-refractivity contribution in [1.82, 2.24) is 10.2 Å². The molecule has 0 bridgehead atoms. The molecule has 7 atom stereocenters.